The maximum Gasteiger partial charge on any atom is 0.0266 e. The zero-order chi connectivity index (χ0) is 10.4. The number of unbranched alkanes of at least 4 members (excludes halogenated alkanes) is 2. The van der Waals surface area contributed by atoms with Gasteiger partial charge in [-0.05, 0) is 30.9 Å². The summed E-state index contributed by atoms with van der Waals surface area (Å²) in [4.78, 5) is 0. The van der Waals surface area contributed by atoms with Crippen molar-refractivity contribution in [1.29, 1.82) is 0 Å². The molecule has 0 aliphatic heterocycles. The molecule has 0 bridgehead atoms. The molecule has 1 atom stereocenters. The third kappa shape index (κ3) is 5.19. The molecule has 2 N–H and O–H groups in total. The number of halogens is 1. The average molecular weight is 227 g/mol. The predicted octanol–water partition coefficient (Wildman–Crippen LogP) is 0.443. The first-order valence-electron chi connectivity index (χ1n) is 5.58. The van der Waals surface area contributed by atoms with Gasteiger partial charge in [0.1, 0.15) is 0 Å². The number of nitrogens with two attached hydrogens (primary N) is 1. The minimum atomic E-state index is 0. The van der Waals surface area contributed by atoms with Gasteiger partial charge in [-0.15, -0.1) is 0 Å². The number of aryl methyl sites for hydroxylation is 1. The van der Waals surface area contributed by atoms with Crippen LogP contribution in [0.4, 0.5) is 0 Å². The second-order valence-corrected chi connectivity index (χ2v) is 3.99. The van der Waals surface area contributed by atoms with Crippen LogP contribution in [-0.4, -0.2) is 0 Å². The van der Waals surface area contributed by atoms with Gasteiger partial charge < -0.3 is 18.1 Å². The Labute approximate surface area is 99.5 Å². The second kappa shape index (κ2) is 7.72. The van der Waals surface area contributed by atoms with Gasteiger partial charge in [-0.25, -0.2) is 0 Å². The van der Waals surface area contributed by atoms with Gasteiger partial charge in [0.25, 0.3) is 0 Å². The first-order chi connectivity index (χ1) is 6.74. The van der Waals surface area contributed by atoms with Crippen molar-refractivity contribution >= 4 is 0 Å². The fraction of sp³-hybridized carbons (Fsp3) is 0.538. The van der Waals surface area contributed by atoms with Crippen molar-refractivity contribution in [3.8, 4) is 0 Å². The molecule has 1 aromatic rings. The predicted molar refractivity (Wildman–Crippen MR) is 62.3 cm³/mol. The Morgan fingerprint density at radius 3 is 2.20 bits per heavy atom. The van der Waals surface area contributed by atoms with Crippen molar-refractivity contribution in [2.75, 3.05) is 0 Å². The standard InChI is InChI=1S/C13H21N.ClH/c1-3-4-5-6-12-7-9-13(10-8-12)11(2)14;/h7-11H,3-6,14H2,1-2H3;1H/p-1. The normalized spacial score (nSPS) is 11.9. The zero-order valence-corrected chi connectivity index (χ0v) is 10.4. The van der Waals surface area contributed by atoms with Crippen LogP contribution in [0.2, 0.25) is 0 Å². The molecule has 0 spiro atoms. The van der Waals surface area contributed by atoms with Crippen LogP contribution in [0.15, 0.2) is 24.3 Å². The fourth-order valence-corrected chi connectivity index (χ4v) is 1.57. The smallest absolute Gasteiger partial charge is 0.0266 e. The third-order valence-corrected chi connectivity index (χ3v) is 2.57. The van der Waals surface area contributed by atoms with E-state index in [1.807, 2.05) is 6.92 Å². The quantitative estimate of drug-likeness (QED) is 0.725. The van der Waals surface area contributed by atoms with E-state index in [9.17, 15) is 0 Å². The van der Waals surface area contributed by atoms with Gasteiger partial charge in [0.2, 0.25) is 0 Å². The summed E-state index contributed by atoms with van der Waals surface area (Å²) in [6.07, 6.45) is 5.12. The molecule has 0 aliphatic carbocycles. The summed E-state index contributed by atoms with van der Waals surface area (Å²) in [6, 6.07) is 8.85. The number of hydrogen-bond acceptors (Lipinski definition) is 1. The molecule has 1 unspecified atom stereocenters. The van der Waals surface area contributed by atoms with Crippen LogP contribution in [0.25, 0.3) is 0 Å². The first kappa shape index (κ1) is 14.5. The van der Waals surface area contributed by atoms with E-state index in [4.69, 9.17) is 5.73 Å². The summed E-state index contributed by atoms with van der Waals surface area (Å²) >= 11 is 0. The van der Waals surface area contributed by atoms with Crippen LogP contribution >= 0.6 is 0 Å². The summed E-state index contributed by atoms with van der Waals surface area (Å²) in [5.41, 5.74) is 8.44. The van der Waals surface area contributed by atoms with Crippen molar-refractivity contribution in [2.45, 2.75) is 45.6 Å². The molecule has 0 radical (unpaired) electrons. The summed E-state index contributed by atoms with van der Waals surface area (Å²) < 4.78 is 0. The monoisotopic (exact) mass is 226 g/mol. The molecule has 0 aromatic heterocycles. The highest BCUT2D eigenvalue weighted by atomic mass is 35.5. The Bertz CT molecular complexity index is 254. The van der Waals surface area contributed by atoms with E-state index in [1.54, 1.807) is 0 Å². The molecule has 0 fully saturated rings. The van der Waals surface area contributed by atoms with Gasteiger partial charge in [-0.1, -0.05) is 44.0 Å². The summed E-state index contributed by atoms with van der Waals surface area (Å²) in [7, 11) is 0. The maximum atomic E-state index is 5.79. The molecule has 15 heavy (non-hydrogen) atoms. The van der Waals surface area contributed by atoms with Crippen LogP contribution in [0.5, 0.6) is 0 Å². The Morgan fingerprint density at radius 2 is 1.73 bits per heavy atom. The molecular formula is C13H21ClN-. The second-order valence-electron chi connectivity index (χ2n) is 3.99. The summed E-state index contributed by atoms with van der Waals surface area (Å²) in [5, 5.41) is 0. The van der Waals surface area contributed by atoms with Crippen LogP contribution in [-0.2, 0) is 6.42 Å². The van der Waals surface area contributed by atoms with Gasteiger partial charge >= 0.3 is 0 Å². The van der Waals surface area contributed by atoms with Crippen LogP contribution in [0, 0.1) is 0 Å². The lowest BCUT2D eigenvalue weighted by atomic mass is 10.0. The minimum absolute atomic E-state index is 0. The molecule has 86 valence electrons. The van der Waals surface area contributed by atoms with Crippen molar-refractivity contribution < 1.29 is 12.4 Å². The molecule has 0 saturated heterocycles. The lowest BCUT2D eigenvalue weighted by Gasteiger charge is -2.06. The Hall–Kier alpha value is -0.530. The molecule has 0 amide bonds. The van der Waals surface area contributed by atoms with E-state index in [-0.39, 0.29) is 18.4 Å². The van der Waals surface area contributed by atoms with Crippen LogP contribution in [0.3, 0.4) is 0 Å². The molecule has 0 aliphatic rings. The largest absolute Gasteiger partial charge is 1.00 e. The van der Waals surface area contributed by atoms with Gasteiger partial charge in [-0.2, -0.15) is 0 Å². The molecular weight excluding hydrogens is 206 g/mol. The number of benzene rings is 1. The molecule has 2 heteroatoms. The van der Waals surface area contributed by atoms with E-state index in [2.05, 4.69) is 31.2 Å². The van der Waals surface area contributed by atoms with Crippen molar-refractivity contribution in [3.63, 3.8) is 0 Å². The lowest BCUT2D eigenvalue weighted by Crippen LogP contribution is -3.00. The Kier molecular flexibility index (Phi) is 7.45. The van der Waals surface area contributed by atoms with E-state index in [0.29, 0.717) is 0 Å². The highest BCUT2D eigenvalue weighted by Gasteiger charge is 1.98. The summed E-state index contributed by atoms with van der Waals surface area (Å²) in [5.74, 6) is 0. The van der Waals surface area contributed by atoms with E-state index in [1.165, 1.54) is 36.8 Å². The molecule has 1 nitrogen and oxygen atoms in total. The SMILES string of the molecule is CCCCCc1ccc(C(C)N)cc1.[Cl-]. The highest BCUT2D eigenvalue weighted by Crippen LogP contribution is 2.12. The Morgan fingerprint density at radius 1 is 1.13 bits per heavy atom. The maximum absolute atomic E-state index is 5.79. The van der Waals surface area contributed by atoms with Crippen LogP contribution in [0.1, 0.15) is 50.3 Å². The summed E-state index contributed by atoms with van der Waals surface area (Å²) in [6.45, 7) is 4.26. The van der Waals surface area contributed by atoms with Crippen molar-refractivity contribution in [3.05, 3.63) is 35.4 Å². The van der Waals surface area contributed by atoms with Crippen LogP contribution < -0.4 is 18.1 Å². The molecule has 0 saturated carbocycles. The zero-order valence-electron chi connectivity index (χ0n) is 9.67. The molecule has 1 aromatic carbocycles. The van der Waals surface area contributed by atoms with Gasteiger partial charge in [0.05, 0.1) is 0 Å². The minimum Gasteiger partial charge on any atom is -1.00 e. The van der Waals surface area contributed by atoms with Crippen molar-refractivity contribution in [1.82, 2.24) is 0 Å². The third-order valence-electron chi connectivity index (χ3n) is 2.57. The average Bonchev–Trinajstić information content (AvgIpc) is 2.19. The fourth-order valence-electron chi connectivity index (χ4n) is 1.57. The van der Waals surface area contributed by atoms with Gasteiger partial charge in [-0.3, -0.25) is 0 Å². The lowest BCUT2D eigenvalue weighted by molar-refractivity contribution is -0.00000320. The molecule has 1 rings (SSSR count). The van der Waals surface area contributed by atoms with Crippen molar-refractivity contribution in [2.24, 2.45) is 5.73 Å². The van der Waals surface area contributed by atoms with E-state index in [0.717, 1.165) is 0 Å². The van der Waals surface area contributed by atoms with E-state index >= 15 is 0 Å². The Balaban J connectivity index is 0.00000196. The number of hydrogen-bond donors (Lipinski definition) is 1. The first-order valence-corrected chi connectivity index (χ1v) is 5.58. The van der Waals surface area contributed by atoms with E-state index < -0.39 is 0 Å². The topological polar surface area (TPSA) is 26.0 Å². The van der Waals surface area contributed by atoms with Gasteiger partial charge in [0, 0.05) is 6.04 Å². The number of rotatable bonds is 5. The molecule has 0 heterocycles. The highest BCUT2D eigenvalue weighted by molar-refractivity contribution is 5.24. The van der Waals surface area contributed by atoms with Gasteiger partial charge in [0.15, 0.2) is 0 Å².